The molecule has 0 aliphatic carbocycles. The van der Waals surface area contributed by atoms with Crippen molar-refractivity contribution in [3.8, 4) is 11.5 Å². The molecular weight excluding hydrogens is 404 g/mol. The number of ether oxygens (including phenoxy) is 3. The third-order valence-corrected chi connectivity index (χ3v) is 5.11. The van der Waals surface area contributed by atoms with Gasteiger partial charge in [-0.25, -0.2) is 4.99 Å². The SMILES string of the molecule is CCNC(=NCc1ccc(C)cc1OCCOC)NCC(c1ccc(OC)cc1)N(C)C. The second-order valence-corrected chi connectivity index (χ2v) is 7.78. The molecule has 0 saturated carbocycles. The van der Waals surface area contributed by atoms with Gasteiger partial charge in [0, 0.05) is 25.8 Å². The number of rotatable bonds is 12. The lowest BCUT2D eigenvalue weighted by atomic mass is 10.1. The Morgan fingerprint density at radius 1 is 1.03 bits per heavy atom. The van der Waals surface area contributed by atoms with Gasteiger partial charge in [0.05, 0.1) is 26.3 Å². The van der Waals surface area contributed by atoms with Crippen LogP contribution in [0.4, 0.5) is 0 Å². The molecule has 2 aromatic rings. The molecule has 2 rings (SSSR count). The maximum absolute atomic E-state index is 5.91. The summed E-state index contributed by atoms with van der Waals surface area (Å²) in [6.45, 7) is 7.21. The maximum atomic E-state index is 5.91. The van der Waals surface area contributed by atoms with E-state index in [2.05, 4.69) is 67.7 Å². The quantitative estimate of drug-likeness (QED) is 0.298. The van der Waals surface area contributed by atoms with Gasteiger partial charge in [-0.3, -0.25) is 0 Å². The van der Waals surface area contributed by atoms with Crippen molar-refractivity contribution in [1.82, 2.24) is 15.5 Å². The van der Waals surface area contributed by atoms with Crippen LogP contribution in [-0.2, 0) is 11.3 Å². The molecule has 0 heterocycles. The normalized spacial score (nSPS) is 12.5. The van der Waals surface area contributed by atoms with Crippen LogP contribution in [0.1, 0.15) is 29.7 Å². The molecule has 7 nitrogen and oxygen atoms in total. The van der Waals surface area contributed by atoms with Gasteiger partial charge in [0.2, 0.25) is 0 Å². The van der Waals surface area contributed by atoms with Crippen molar-refractivity contribution in [3.05, 3.63) is 59.2 Å². The Morgan fingerprint density at radius 2 is 1.78 bits per heavy atom. The summed E-state index contributed by atoms with van der Waals surface area (Å²) in [6, 6.07) is 14.6. The second kappa shape index (κ2) is 13.6. The van der Waals surface area contributed by atoms with Gasteiger partial charge in [-0.05, 0) is 57.3 Å². The summed E-state index contributed by atoms with van der Waals surface area (Å²) in [7, 11) is 7.51. The van der Waals surface area contributed by atoms with Crippen LogP contribution in [-0.4, -0.2) is 65.5 Å². The molecule has 2 N–H and O–H groups in total. The minimum absolute atomic E-state index is 0.192. The van der Waals surface area contributed by atoms with E-state index in [1.54, 1.807) is 14.2 Å². The Morgan fingerprint density at radius 3 is 2.41 bits per heavy atom. The molecule has 0 fully saturated rings. The summed E-state index contributed by atoms with van der Waals surface area (Å²) in [5.41, 5.74) is 3.42. The van der Waals surface area contributed by atoms with Crippen LogP contribution in [0.2, 0.25) is 0 Å². The van der Waals surface area contributed by atoms with E-state index in [1.807, 2.05) is 18.2 Å². The molecule has 32 heavy (non-hydrogen) atoms. The Hall–Kier alpha value is -2.77. The predicted octanol–water partition coefficient (Wildman–Crippen LogP) is 3.39. The minimum Gasteiger partial charge on any atom is -0.497 e. The monoisotopic (exact) mass is 442 g/mol. The van der Waals surface area contributed by atoms with Crippen molar-refractivity contribution in [2.45, 2.75) is 26.4 Å². The first-order valence-electron chi connectivity index (χ1n) is 11.0. The zero-order chi connectivity index (χ0) is 23.3. The Bertz CT molecular complexity index is 838. The molecular formula is C25H38N4O3. The minimum atomic E-state index is 0.192. The number of methoxy groups -OCH3 is 2. The van der Waals surface area contributed by atoms with Crippen LogP contribution in [0.5, 0.6) is 11.5 Å². The summed E-state index contributed by atoms with van der Waals surface area (Å²) < 4.78 is 16.3. The number of hydrogen-bond acceptors (Lipinski definition) is 5. The van der Waals surface area contributed by atoms with Gasteiger partial charge >= 0.3 is 0 Å². The number of likely N-dealkylation sites (N-methyl/N-ethyl adjacent to an activating group) is 1. The summed E-state index contributed by atoms with van der Waals surface area (Å²) in [5.74, 6) is 2.48. The zero-order valence-corrected chi connectivity index (χ0v) is 20.3. The lowest BCUT2D eigenvalue weighted by molar-refractivity contribution is 0.145. The highest BCUT2D eigenvalue weighted by molar-refractivity contribution is 5.79. The van der Waals surface area contributed by atoms with E-state index < -0.39 is 0 Å². The smallest absolute Gasteiger partial charge is 0.191 e. The first-order valence-corrected chi connectivity index (χ1v) is 11.0. The molecule has 7 heteroatoms. The molecule has 0 aliphatic rings. The maximum Gasteiger partial charge on any atom is 0.191 e. The fourth-order valence-electron chi connectivity index (χ4n) is 3.29. The topological polar surface area (TPSA) is 67.4 Å². The summed E-state index contributed by atoms with van der Waals surface area (Å²) >= 11 is 0. The van der Waals surface area contributed by atoms with E-state index in [1.165, 1.54) is 5.56 Å². The largest absolute Gasteiger partial charge is 0.497 e. The Balaban J connectivity index is 2.10. The Kier molecular flexibility index (Phi) is 10.8. The van der Waals surface area contributed by atoms with Gasteiger partial charge in [0.15, 0.2) is 5.96 Å². The van der Waals surface area contributed by atoms with Crippen molar-refractivity contribution >= 4 is 5.96 Å². The van der Waals surface area contributed by atoms with Crippen LogP contribution in [0, 0.1) is 6.92 Å². The Labute approximate surface area is 192 Å². The van der Waals surface area contributed by atoms with E-state index in [-0.39, 0.29) is 6.04 Å². The summed E-state index contributed by atoms with van der Waals surface area (Å²) in [5, 5.41) is 6.83. The highest BCUT2D eigenvalue weighted by Crippen LogP contribution is 2.22. The molecule has 0 saturated heterocycles. The third kappa shape index (κ3) is 8.05. The van der Waals surface area contributed by atoms with E-state index >= 15 is 0 Å². The van der Waals surface area contributed by atoms with Crippen LogP contribution in [0.25, 0.3) is 0 Å². The molecule has 0 bridgehead atoms. The molecule has 0 aromatic heterocycles. The standard InChI is InChI=1S/C25H38N4O3/c1-7-26-25(27-17-21-9-8-19(2)16-24(21)32-15-14-30-5)28-18-23(29(3)4)20-10-12-22(31-6)13-11-20/h8-13,16,23H,7,14-15,17-18H2,1-6H3,(H2,26,27,28). The van der Waals surface area contributed by atoms with E-state index in [4.69, 9.17) is 19.2 Å². The van der Waals surface area contributed by atoms with E-state index in [0.717, 1.165) is 41.7 Å². The molecule has 0 aliphatic heterocycles. The molecule has 0 spiro atoms. The van der Waals surface area contributed by atoms with Gasteiger partial charge in [-0.1, -0.05) is 24.3 Å². The lowest BCUT2D eigenvalue weighted by Gasteiger charge is -2.26. The van der Waals surface area contributed by atoms with Gasteiger partial charge in [-0.2, -0.15) is 0 Å². The molecule has 1 unspecified atom stereocenters. The van der Waals surface area contributed by atoms with Crippen molar-refractivity contribution in [2.75, 3.05) is 54.6 Å². The number of benzene rings is 2. The van der Waals surface area contributed by atoms with Crippen LogP contribution in [0.15, 0.2) is 47.5 Å². The van der Waals surface area contributed by atoms with Crippen LogP contribution in [0.3, 0.4) is 0 Å². The third-order valence-electron chi connectivity index (χ3n) is 5.11. The highest BCUT2D eigenvalue weighted by Gasteiger charge is 2.15. The van der Waals surface area contributed by atoms with E-state index in [0.29, 0.717) is 19.8 Å². The van der Waals surface area contributed by atoms with Crippen molar-refractivity contribution in [2.24, 2.45) is 4.99 Å². The molecule has 2 aromatic carbocycles. The van der Waals surface area contributed by atoms with Gasteiger partial charge in [-0.15, -0.1) is 0 Å². The zero-order valence-electron chi connectivity index (χ0n) is 20.3. The number of nitrogens with one attached hydrogen (secondary N) is 2. The first kappa shape index (κ1) is 25.5. The summed E-state index contributed by atoms with van der Waals surface area (Å²) in [4.78, 5) is 6.99. The number of nitrogens with zero attached hydrogens (tertiary/aromatic N) is 2. The molecule has 0 amide bonds. The second-order valence-electron chi connectivity index (χ2n) is 7.78. The average molecular weight is 443 g/mol. The van der Waals surface area contributed by atoms with Gasteiger partial charge < -0.3 is 29.7 Å². The average Bonchev–Trinajstić information content (AvgIpc) is 2.78. The number of hydrogen-bond donors (Lipinski definition) is 2. The predicted molar refractivity (Wildman–Crippen MR) is 131 cm³/mol. The van der Waals surface area contributed by atoms with Crippen LogP contribution < -0.4 is 20.1 Å². The van der Waals surface area contributed by atoms with Gasteiger partial charge in [0.25, 0.3) is 0 Å². The van der Waals surface area contributed by atoms with E-state index in [9.17, 15) is 0 Å². The first-order chi connectivity index (χ1) is 15.5. The van der Waals surface area contributed by atoms with Crippen LogP contribution >= 0.6 is 0 Å². The molecule has 1 atom stereocenters. The number of aryl methyl sites for hydroxylation is 1. The van der Waals surface area contributed by atoms with Crippen molar-refractivity contribution in [1.29, 1.82) is 0 Å². The highest BCUT2D eigenvalue weighted by atomic mass is 16.5. The lowest BCUT2D eigenvalue weighted by Crippen LogP contribution is -2.41. The molecule has 0 radical (unpaired) electrons. The fourth-order valence-corrected chi connectivity index (χ4v) is 3.29. The van der Waals surface area contributed by atoms with Gasteiger partial charge in [0.1, 0.15) is 18.1 Å². The number of aliphatic imine (C=N–C) groups is 1. The fraction of sp³-hybridized carbons (Fsp3) is 0.480. The number of guanidine groups is 1. The van der Waals surface area contributed by atoms with Crippen molar-refractivity contribution < 1.29 is 14.2 Å². The summed E-state index contributed by atoms with van der Waals surface area (Å²) in [6.07, 6.45) is 0. The molecule has 176 valence electrons. The van der Waals surface area contributed by atoms with Crippen molar-refractivity contribution in [3.63, 3.8) is 0 Å².